The fourth-order valence-electron chi connectivity index (χ4n) is 2.89. The molecule has 5 nitrogen and oxygen atoms in total. The molecule has 1 heterocycles. The van der Waals surface area contributed by atoms with Crippen molar-refractivity contribution in [3.05, 3.63) is 64.7 Å². The van der Waals surface area contributed by atoms with Gasteiger partial charge in [-0.15, -0.1) is 0 Å². The van der Waals surface area contributed by atoms with Gasteiger partial charge in [0.2, 0.25) is 0 Å². The first-order valence-electron chi connectivity index (χ1n) is 7.80. The molecule has 0 saturated carbocycles. The second-order valence-corrected chi connectivity index (χ2v) is 6.28. The van der Waals surface area contributed by atoms with E-state index in [0.717, 1.165) is 5.56 Å². The van der Waals surface area contributed by atoms with Crippen LogP contribution in [0.4, 0.5) is 0 Å². The van der Waals surface area contributed by atoms with Gasteiger partial charge in [-0.2, -0.15) is 0 Å². The van der Waals surface area contributed by atoms with E-state index >= 15 is 0 Å². The molecule has 1 saturated heterocycles. The monoisotopic (exact) mass is 345 g/mol. The fourth-order valence-corrected chi connectivity index (χ4v) is 3.09. The first-order chi connectivity index (χ1) is 11.6. The minimum absolute atomic E-state index is 0.0618. The Bertz CT molecular complexity index is 738. The van der Waals surface area contributed by atoms with Gasteiger partial charge in [0.25, 0.3) is 5.91 Å². The van der Waals surface area contributed by atoms with Gasteiger partial charge in [0.05, 0.1) is 19.2 Å². The molecule has 0 radical (unpaired) electrons. The van der Waals surface area contributed by atoms with Crippen molar-refractivity contribution >= 4 is 17.5 Å². The Balaban J connectivity index is 1.79. The number of rotatable bonds is 4. The molecule has 1 aliphatic heterocycles. The molecule has 0 bridgehead atoms. The number of hydrogen-bond acceptors (Lipinski definition) is 4. The zero-order valence-electron chi connectivity index (χ0n) is 13.5. The average Bonchev–Trinajstić information content (AvgIpc) is 2.95. The van der Waals surface area contributed by atoms with Gasteiger partial charge in [0.15, 0.2) is 0 Å². The lowest BCUT2D eigenvalue weighted by molar-refractivity contribution is 0.0930. The molecule has 3 unspecified atom stereocenters. The Hall–Kier alpha value is -2.08. The molecular formula is C18H20ClN3O2. The molecule has 24 heavy (non-hydrogen) atoms. The van der Waals surface area contributed by atoms with E-state index < -0.39 is 0 Å². The molecule has 3 N–H and O–H groups in total. The van der Waals surface area contributed by atoms with Crippen molar-refractivity contribution in [2.75, 3.05) is 7.11 Å². The van der Waals surface area contributed by atoms with Gasteiger partial charge < -0.3 is 10.1 Å². The van der Waals surface area contributed by atoms with E-state index in [2.05, 4.69) is 16.2 Å². The number of carbonyl (C=O) groups excluding carboxylic acids is 1. The molecule has 1 aliphatic rings. The first-order valence-corrected chi connectivity index (χ1v) is 8.17. The molecule has 0 aromatic heterocycles. The zero-order chi connectivity index (χ0) is 17.1. The lowest BCUT2D eigenvalue weighted by atomic mass is 9.97. The van der Waals surface area contributed by atoms with Crippen LogP contribution >= 0.6 is 11.6 Å². The maximum absolute atomic E-state index is 12.6. The third-order valence-corrected chi connectivity index (χ3v) is 4.44. The van der Waals surface area contributed by atoms with Crippen molar-refractivity contribution in [3.8, 4) is 5.75 Å². The summed E-state index contributed by atoms with van der Waals surface area (Å²) in [6.07, 6.45) is 0. The predicted octanol–water partition coefficient (Wildman–Crippen LogP) is 2.68. The Morgan fingerprint density at radius 1 is 1.17 bits per heavy atom. The summed E-state index contributed by atoms with van der Waals surface area (Å²) < 4.78 is 5.18. The lowest BCUT2D eigenvalue weighted by Gasteiger charge is -2.23. The fraction of sp³-hybridized carbons (Fsp3) is 0.278. The summed E-state index contributed by atoms with van der Waals surface area (Å²) in [5.41, 5.74) is 8.01. The van der Waals surface area contributed by atoms with Crippen LogP contribution in [0.15, 0.2) is 48.5 Å². The van der Waals surface area contributed by atoms with Gasteiger partial charge in [-0.25, -0.2) is 5.43 Å². The van der Waals surface area contributed by atoms with Crippen LogP contribution in [0.25, 0.3) is 0 Å². The maximum Gasteiger partial charge on any atom is 0.251 e. The summed E-state index contributed by atoms with van der Waals surface area (Å²) in [5, 5.41) is 3.77. The highest BCUT2D eigenvalue weighted by molar-refractivity contribution is 6.30. The number of methoxy groups -OCH3 is 1. The van der Waals surface area contributed by atoms with Crippen LogP contribution in [0, 0.1) is 0 Å². The van der Waals surface area contributed by atoms with E-state index in [1.165, 1.54) is 0 Å². The summed E-state index contributed by atoms with van der Waals surface area (Å²) in [7, 11) is 1.58. The summed E-state index contributed by atoms with van der Waals surface area (Å²) in [5.74, 6) is 0.521. The number of hydrazine groups is 1. The second kappa shape index (κ2) is 7.21. The van der Waals surface area contributed by atoms with Gasteiger partial charge in [-0.1, -0.05) is 29.8 Å². The van der Waals surface area contributed by atoms with Crippen LogP contribution in [0.2, 0.25) is 5.02 Å². The number of ether oxygens (including phenoxy) is 1. The van der Waals surface area contributed by atoms with Crippen molar-refractivity contribution < 1.29 is 9.53 Å². The molecule has 2 aromatic rings. The Labute approximate surface area is 146 Å². The van der Waals surface area contributed by atoms with E-state index in [1.54, 1.807) is 25.3 Å². The van der Waals surface area contributed by atoms with E-state index in [4.69, 9.17) is 16.3 Å². The van der Waals surface area contributed by atoms with Crippen molar-refractivity contribution in [2.45, 2.75) is 25.0 Å². The highest BCUT2D eigenvalue weighted by atomic mass is 35.5. The highest BCUT2D eigenvalue weighted by Gasteiger charge is 2.35. The van der Waals surface area contributed by atoms with Crippen molar-refractivity contribution in [3.63, 3.8) is 0 Å². The number of nitrogens with one attached hydrogen (secondary N) is 3. The largest absolute Gasteiger partial charge is 0.497 e. The Kier molecular flexibility index (Phi) is 5.04. The molecule has 1 amide bonds. The normalized spacial score (nSPS) is 23.0. The molecule has 2 aromatic carbocycles. The molecule has 0 spiro atoms. The van der Waals surface area contributed by atoms with E-state index in [1.807, 2.05) is 37.3 Å². The molecule has 126 valence electrons. The van der Waals surface area contributed by atoms with Crippen molar-refractivity contribution in [1.82, 2.24) is 16.2 Å². The molecule has 3 rings (SSSR count). The maximum atomic E-state index is 12.6. The Morgan fingerprint density at radius 2 is 1.96 bits per heavy atom. The number of amides is 1. The number of hydrogen-bond donors (Lipinski definition) is 3. The quantitative estimate of drug-likeness (QED) is 0.797. The van der Waals surface area contributed by atoms with E-state index in [9.17, 15) is 4.79 Å². The first kappa shape index (κ1) is 16.8. The molecule has 1 fully saturated rings. The van der Waals surface area contributed by atoms with Crippen molar-refractivity contribution in [1.29, 1.82) is 0 Å². The molecule has 0 aliphatic carbocycles. The van der Waals surface area contributed by atoms with Crippen LogP contribution in [-0.2, 0) is 0 Å². The van der Waals surface area contributed by atoms with Gasteiger partial charge in [0.1, 0.15) is 5.75 Å². The minimum Gasteiger partial charge on any atom is -0.497 e. The van der Waals surface area contributed by atoms with E-state index in [0.29, 0.717) is 16.3 Å². The number of halogens is 1. The SMILES string of the molecule is COc1cccc(C(=O)NC2C(C)NNC2c2cccc(Cl)c2)c1. The van der Waals surface area contributed by atoms with Gasteiger partial charge >= 0.3 is 0 Å². The summed E-state index contributed by atoms with van der Waals surface area (Å²) in [6, 6.07) is 14.7. The summed E-state index contributed by atoms with van der Waals surface area (Å²) in [6.45, 7) is 2.02. The predicted molar refractivity (Wildman–Crippen MR) is 94.2 cm³/mol. The van der Waals surface area contributed by atoms with Crippen LogP contribution in [0.3, 0.4) is 0 Å². The summed E-state index contributed by atoms with van der Waals surface area (Å²) in [4.78, 5) is 12.6. The van der Waals surface area contributed by atoms with Gasteiger partial charge in [-0.05, 0) is 42.8 Å². The smallest absolute Gasteiger partial charge is 0.251 e. The van der Waals surface area contributed by atoms with Crippen LogP contribution < -0.4 is 20.9 Å². The highest BCUT2D eigenvalue weighted by Crippen LogP contribution is 2.25. The second-order valence-electron chi connectivity index (χ2n) is 5.84. The van der Waals surface area contributed by atoms with Gasteiger partial charge in [-0.3, -0.25) is 10.2 Å². The molecule has 3 atom stereocenters. The van der Waals surface area contributed by atoms with E-state index in [-0.39, 0.29) is 24.0 Å². The van der Waals surface area contributed by atoms with Crippen LogP contribution in [0.1, 0.15) is 28.9 Å². The number of benzene rings is 2. The topological polar surface area (TPSA) is 62.4 Å². The van der Waals surface area contributed by atoms with Crippen molar-refractivity contribution in [2.24, 2.45) is 0 Å². The standard InChI is InChI=1S/C18H20ClN3O2/c1-11-16(17(22-21-11)12-5-3-7-14(19)9-12)20-18(23)13-6-4-8-15(10-13)24-2/h3-11,16-17,21-22H,1-2H3,(H,20,23). The zero-order valence-corrected chi connectivity index (χ0v) is 14.3. The minimum atomic E-state index is -0.136. The third-order valence-electron chi connectivity index (χ3n) is 4.20. The lowest BCUT2D eigenvalue weighted by Crippen LogP contribution is -2.44. The van der Waals surface area contributed by atoms with Gasteiger partial charge in [0, 0.05) is 16.6 Å². The summed E-state index contributed by atoms with van der Waals surface area (Å²) >= 11 is 6.09. The number of carbonyl (C=O) groups is 1. The third kappa shape index (κ3) is 3.53. The van der Waals surface area contributed by atoms with Crippen LogP contribution in [-0.4, -0.2) is 25.1 Å². The Morgan fingerprint density at radius 3 is 2.71 bits per heavy atom. The molecular weight excluding hydrogens is 326 g/mol. The molecule has 6 heteroatoms. The average molecular weight is 346 g/mol. The van der Waals surface area contributed by atoms with Crippen LogP contribution in [0.5, 0.6) is 5.75 Å².